The molecule has 0 atom stereocenters. The van der Waals surface area contributed by atoms with E-state index >= 15 is 0 Å². The molecule has 0 radical (unpaired) electrons. The normalized spacial score (nSPS) is 21.4. The average Bonchev–Trinajstić information content (AvgIpc) is 2.54. The first-order valence-corrected chi connectivity index (χ1v) is 9.01. The number of carbonyl (C=O) groups is 2. The molecule has 5 heteroatoms. The van der Waals surface area contributed by atoms with E-state index in [9.17, 15) is 9.59 Å². The molecule has 0 bridgehead atoms. The maximum Gasteiger partial charge on any atom is 0.220 e. The van der Waals surface area contributed by atoms with Crippen LogP contribution < -0.4 is 5.32 Å². The summed E-state index contributed by atoms with van der Waals surface area (Å²) in [7, 11) is 0. The SMILES string of the molecule is CC(C)C(=O)CCNC(=O)CCCOCC1CCC(CO)CC1. The van der Waals surface area contributed by atoms with Gasteiger partial charge in [0.1, 0.15) is 5.78 Å². The van der Waals surface area contributed by atoms with Crippen molar-refractivity contribution in [2.75, 3.05) is 26.4 Å². The Morgan fingerprint density at radius 1 is 1.13 bits per heavy atom. The number of rotatable bonds is 11. The molecule has 0 spiro atoms. The van der Waals surface area contributed by atoms with Crippen LogP contribution in [0.4, 0.5) is 0 Å². The maximum absolute atomic E-state index is 11.6. The van der Waals surface area contributed by atoms with Gasteiger partial charge in [-0.1, -0.05) is 13.8 Å². The Kier molecular flexibility index (Phi) is 10.1. The number of ether oxygens (including phenoxy) is 1. The molecule has 0 heterocycles. The van der Waals surface area contributed by atoms with Gasteiger partial charge in [-0.3, -0.25) is 9.59 Å². The Bertz CT molecular complexity index is 349. The van der Waals surface area contributed by atoms with Crippen molar-refractivity contribution in [2.45, 2.75) is 58.8 Å². The van der Waals surface area contributed by atoms with Crippen molar-refractivity contribution in [1.29, 1.82) is 0 Å². The van der Waals surface area contributed by atoms with Gasteiger partial charge < -0.3 is 15.2 Å². The predicted octanol–water partition coefficient (Wildman–Crippen LogP) is 2.31. The topological polar surface area (TPSA) is 75.6 Å². The number of Topliss-reactive ketones (excluding diaryl/α,β-unsaturated/α-hetero) is 1. The summed E-state index contributed by atoms with van der Waals surface area (Å²) in [6.07, 6.45) is 6.05. The number of carbonyl (C=O) groups excluding carboxylic acids is 2. The first-order chi connectivity index (χ1) is 11.0. The predicted molar refractivity (Wildman–Crippen MR) is 90.1 cm³/mol. The van der Waals surface area contributed by atoms with E-state index in [1.54, 1.807) is 0 Å². The number of aliphatic hydroxyl groups excluding tert-OH is 1. The highest BCUT2D eigenvalue weighted by atomic mass is 16.5. The van der Waals surface area contributed by atoms with Gasteiger partial charge in [-0.2, -0.15) is 0 Å². The Labute approximate surface area is 140 Å². The van der Waals surface area contributed by atoms with Crippen LogP contribution in [0, 0.1) is 17.8 Å². The van der Waals surface area contributed by atoms with Crippen LogP contribution in [0.5, 0.6) is 0 Å². The van der Waals surface area contributed by atoms with Crippen molar-refractivity contribution in [2.24, 2.45) is 17.8 Å². The van der Waals surface area contributed by atoms with E-state index in [2.05, 4.69) is 5.32 Å². The third-order valence-electron chi connectivity index (χ3n) is 4.61. The summed E-state index contributed by atoms with van der Waals surface area (Å²) < 4.78 is 5.67. The van der Waals surface area contributed by atoms with Gasteiger partial charge in [0.2, 0.25) is 5.91 Å². The average molecular weight is 327 g/mol. The summed E-state index contributed by atoms with van der Waals surface area (Å²) >= 11 is 0. The van der Waals surface area contributed by atoms with E-state index in [1.165, 1.54) is 0 Å². The molecule has 0 saturated heterocycles. The Morgan fingerprint density at radius 3 is 2.39 bits per heavy atom. The highest BCUT2D eigenvalue weighted by molar-refractivity contribution is 5.81. The van der Waals surface area contributed by atoms with Crippen molar-refractivity contribution in [3.63, 3.8) is 0 Å². The van der Waals surface area contributed by atoms with Crippen LogP contribution in [0.2, 0.25) is 0 Å². The number of hydrogen-bond donors (Lipinski definition) is 2. The molecule has 1 saturated carbocycles. The summed E-state index contributed by atoms with van der Waals surface area (Å²) in [6, 6.07) is 0. The third kappa shape index (κ3) is 9.06. The van der Waals surface area contributed by atoms with Gasteiger partial charge in [-0.25, -0.2) is 0 Å². The smallest absolute Gasteiger partial charge is 0.220 e. The van der Waals surface area contributed by atoms with Gasteiger partial charge in [0.15, 0.2) is 0 Å². The van der Waals surface area contributed by atoms with E-state index < -0.39 is 0 Å². The Balaban J connectivity index is 1.94. The molecule has 0 aromatic heterocycles. The molecule has 2 N–H and O–H groups in total. The fourth-order valence-electron chi connectivity index (χ4n) is 2.87. The second-order valence-corrected chi connectivity index (χ2v) is 6.97. The summed E-state index contributed by atoms with van der Waals surface area (Å²) in [6.45, 7) is 5.87. The number of nitrogens with one attached hydrogen (secondary N) is 1. The maximum atomic E-state index is 11.6. The standard InChI is InChI=1S/C18H33NO4/c1-14(2)17(21)9-10-19-18(22)4-3-11-23-13-16-7-5-15(12-20)6-8-16/h14-16,20H,3-13H2,1-2H3,(H,19,22). The van der Waals surface area contributed by atoms with Gasteiger partial charge in [-0.15, -0.1) is 0 Å². The summed E-state index contributed by atoms with van der Waals surface area (Å²) in [5.74, 6) is 1.30. The van der Waals surface area contributed by atoms with Crippen LogP contribution >= 0.6 is 0 Å². The number of aliphatic hydroxyl groups is 1. The van der Waals surface area contributed by atoms with Crippen molar-refractivity contribution in [1.82, 2.24) is 5.32 Å². The summed E-state index contributed by atoms with van der Waals surface area (Å²) in [5.41, 5.74) is 0. The molecule has 1 rings (SSSR count). The first-order valence-electron chi connectivity index (χ1n) is 9.01. The van der Waals surface area contributed by atoms with Gasteiger partial charge in [-0.05, 0) is 43.9 Å². The van der Waals surface area contributed by atoms with Gasteiger partial charge >= 0.3 is 0 Å². The van der Waals surface area contributed by atoms with Crippen molar-refractivity contribution in [3.8, 4) is 0 Å². The molecule has 1 fully saturated rings. The van der Waals surface area contributed by atoms with E-state index in [-0.39, 0.29) is 17.6 Å². The zero-order valence-corrected chi connectivity index (χ0v) is 14.7. The molecule has 134 valence electrons. The highest BCUT2D eigenvalue weighted by Crippen LogP contribution is 2.28. The molecular formula is C18H33NO4. The minimum atomic E-state index is -0.00592. The molecule has 5 nitrogen and oxygen atoms in total. The fraction of sp³-hybridized carbons (Fsp3) is 0.889. The molecule has 0 aromatic carbocycles. The zero-order chi connectivity index (χ0) is 17.1. The highest BCUT2D eigenvalue weighted by Gasteiger charge is 2.20. The lowest BCUT2D eigenvalue weighted by atomic mass is 9.83. The minimum Gasteiger partial charge on any atom is -0.396 e. The second-order valence-electron chi connectivity index (χ2n) is 6.97. The molecule has 23 heavy (non-hydrogen) atoms. The lowest BCUT2D eigenvalue weighted by Gasteiger charge is -2.27. The number of hydrogen-bond acceptors (Lipinski definition) is 4. The fourth-order valence-corrected chi connectivity index (χ4v) is 2.87. The van der Waals surface area contributed by atoms with Crippen molar-refractivity contribution in [3.05, 3.63) is 0 Å². The van der Waals surface area contributed by atoms with E-state index in [4.69, 9.17) is 9.84 Å². The molecular weight excluding hydrogens is 294 g/mol. The lowest BCUT2D eigenvalue weighted by molar-refractivity contribution is -0.123. The minimum absolute atomic E-state index is 0.00592. The molecule has 1 aliphatic carbocycles. The van der Waals surface area contributed by atoms with Gasteiger partial charge in [0, 0.05) is 45.1 Å². The molecule has 1 amide bonds. The monoisotopic (exact) mass is 327 g/mol. The summed E-state index contributed by atoms with van der Waals surface area (Å²) in [5, 5.41) is 11.9. The molecule has 0 unspecified atom stereocenters. The second kappa shape index (κ2) is 11.6. The van der Waals surface area contributed by atoms with Crippen LogP contribution in [-0.2, 0) is 14.3 Å². The first kappa shape index (κ1) is 20.1. The van der Waals surface area contributed by atoms with E-state index in [0.29, 0.717) is 44.4 Å². The van der Waals surface area contributed by atoms with Crippen molar-refractivity contribution >= 4 is 11.7 Å². The van der Waals surface area contributed by atoms with Gasteiger partial charge in [0.25, 0.3) is 0 Å². The largest absolute Gasteiger partial charge is 0.396 e. The Hall–Kier alpha value is -0.940. The van der Waals surface area contributed by atoms with Crippen LogP contribution in [0.25, 0.3) is 0 Å². The quantitative estimate of drug-likeness (QED) is 0.571. The molecule has 0 aromatic rings. The van der Waals surface area contributed by atoms with Crippen LogP contribution in [0.1, 0.15) is 58.8 Å². The third-order valence-corrected chi connectivity index (χ3v) is 4.61. The van der Waals surface area contributed by atoms with E-state index in [1.807, 2.05) is 13.8 Å². The van der Waals surface area contributed by atoms with E-state index in [0.717, 1.165) is 38.7 Å². The zero-order valence-electron chi connectivity index (χ0n) is 14.7. The van der Waals surface area contributed by atoms with Crippen molar-refractivity contribution < 1.29 is 19.4 Å². The molecule has 0 aliphatic heterocycles. The van der Waals surface area contributed by atoms with Crippen LogP contribution in [-0.4, -0.2) is 43.2 Å². The number of amides is 1. The van der Waals surface area contributed by atoms with Crippen LogP contribution in [0.15, 0.2) is 0 Å². The summed E-state index contributed by atoms with van der Waals surface area (Å²) in [4.78, 5) is 23.1. The van der Waals surface area contributed by atoms with Gasteiger partial charge in [0.05, 0.1) is 0 Å². The Morgan fingerprint density at radius 2 is 1.78 bits per heavy atom. The lowest BCUT2D eigenvalue weighted by Crippen LogP contribution is -2.27. The number of ketones is 1. The molecule has 1 aliphatic rings. The van der Waals surface area contributed by atoms with Crippen LogP contribution in [0.3, 0.4) is 0 Å².